The molecule has 1 aromatic rings. The van der Waals surface area contributed by atoms with Crippen LogP contribution in [0.3, 0.4) is 0 Å². The number of benzene rings is 1. The summed E-state index contributed by atoms with van der Waals surface area (Å²) < 4.78 is 0. The van der Waals surface area contributed by atoms with Crippen molar-refractivity contribution in [2.75, 3.05) is 152 Å². The van der Waals surface area contributed by atoms with Crippen LogP contribution in [0.25, 0.3) is 0 Å². The SMILES string of the molecule is CN(C)CCN1CCN(CCN(CC(=O)O)CC(=O)O)CCN(CCN(CC(=O)O)CC(=O)O)CCN(CC(Cc2ccc([N+](=O)[O-])cc2)N(CC(=O)O)CC(=O)O)CC1. The van der Waals surface area contributed by atoms with Crippen LogP contribution in [-0.4, -0.2) is 268 Å². The number of hydrogen-bond acceptors (Lipinski definition) is 16. The van der Waals surface area contributed by atoms with Crippen LogP contribution in [0.4, 0.5) is 5.69 Å². The molecule has 0 aromatic heterocycles. The first kappa shape index (κ1) is 51.3. The molecule has 0 aliphatic carbocycles. The topological polar surface area (TPSA) is 293 Å². The van der Waals surface area contributed by atoms with Gasteiger partial charge in [-0.05, 0) is 26.1 Å². The molecule has 23 nitrogen and oxygen atoms in total. The first-order valence-corrected chi connectivity index (χ1v) is 19.6. The van der Waals surface area contributed by atoms with Gasteiger partial charge in [-0.3, -0.25) is 73.2 Å². The van der Waals surface area contributed by atoms with E-state index in [1.54, 1.807) is 12.1 Å². The Morgan fingerprint density at radius 3 is 1.22 bits per heavy atom. The molecule has 60 heavy (non-hydrogen) atoms. The van der Waals surface area contributed by atoms with E-state index in [1.807, 2.05) is 23.9 Å². The summed E-state index contributed by atoms with van der Waals surface area (Å²) in [5.41, 5.74) is 0.503. The maximum absolute atomic E-state index is 12.0. The quantitative estimate of drug-likeness (QED) is 0.0401. The minimum atomic E-state index is -1.23. The predicted molar refractivity (Wildman–Crippen MR) is 215 cm³/mol. The lowest BCUT2D eigenvalue weighted by atomic mass is 10.0. The summed E-state index contributed by atoms with van der Waals surface area (Å²) in [6.45, 7) is 3.11. The van der Waals surface area contributed by atoms with Crippen LogP contribution in [-0.2, 0) is 35.2 Å². The summed E-state index contributed by atoms with van der Waals surface area (Å²) >= 11 is 0. The number of carbonyl (C=O) groups is 6. The number of rotatable bonds is 27. The zero-order chi connectivity index (χ0) is 44.8. The molecular weight excluding hydrogens is 794 g/mol. The molecule has 0 bridgehead atoms. The van der Waals surface area contributed by atoms with Crippen molar-refractivity contribution < 1.29 is 64.3 Å². The molecule has 1 unspecified atom stereocenters. The van der Waals surface area contributed by atoms with Gasteiger partial charge in [-0.2, -0.15) is 0 Å². The van der Waals surface area contributed by atoms with Crippen LogP contribution in [0, 0.1) is 10.1 Å². The lowest BCUT2D eigenvalue weighted by Crippen LogP contribution is -2.53. The van der Waals surface area contributed by atoms with E-state index >= 15 is 0 Å². The molecule has 1 atom stereocenters. The first-order valence-electron chi connectivity index (χ1n) is 19.6. The molecule has 6 N–H and O–H groups in total. The summed E-state index contributed by atoms with van der Waals surface area (Å²) in [6.07, 6.45) is 0.179. The van der Waals surface area contributed by atoms with Crippen molar-refractivity contribution >= 4 is 41.5 Å². The summed E-state index contributed by atoms with van der Waals surface area (Å²) in [5, 5.41) is 68.6. The molecule has 338 valence electrons. The van der Waals surface area contributed by atoms with E-state index in [0.29, 0.717) is 71.0 Å². The summed E-state index contributed by atoms with van der Waals surface area (Å²) in [5.74, 6) is -7.17. The summed E-state index contributed by atoms with van der Waals surface area (Å²) in [6, 6.07) is 5.12. The Bertz CT molecular complexity index is 1510. The van der Waals surface area contributed by atoms with E-state index in [2.05, 4.69) is 14.7 Å². The molecule has 0 radical (unpaired) electrons. The van der Waals surface area contributed by atoms with Gasteiger partial charge in [-0.15, -0.1) is 0 Å². The number of nitro benzene ring substituents is 1. The van der Waals surface area contributed by atoms with E-state index in [4.69, 9.17) is 0 Å². The molecule has 1 saturated heterocycles. The number of carboxylic acid groups (broad SMARTS) is 6. The van der Waals surface area contributed by atoms with Gasteiger partial charge in [0.05, 0.1) is 44.2 Å². The molecule has 0 amide bonds. The van der Waals surface area contributed by atoms with Crippen molar-refractivity contribution in [2.24, 2.45) is 0 Å². The highest BCUT2D eigenvalue weighted by Gasteiger charge is 2.28. The Morgan fingerprint density at radius 1 is 0.567 bits per heavy atom. The van der Waals surface area contributed by atoms with Crippen molar-refractivity contribution in [3.8, 4) is 0 Å². The lowest BCUT2D eigenvalue weighted by Gasteiger charge is -2.38. The van der Waals surface area contributed by atoms with Gasteiger partial charge in [0.2, 0.25) is 0 Å². The van der Waals surface area contributed by atoms with E-state index in [-0.39, 0.29) is 38.3 Å². The highest BCUT2D eigenvalue weighted by atomic mass is 16.6. The molecule has 1 aliphatic rings. The molecule has 1 aromatic carbocycles. The standard InChI is InChI=1S/C37H61N9O14/c1-38(2)7-8-39-9-10-40(15-19-43(23-32(47)48)24-33(49)50)11-12-41(16-20-44(25-34(51)52)26-35(53)54)14-18-42(17-13-39)22-31(45(27-36(55)56)28-37(57)58)21-29-3-5-30(6-4-29)46(59)60/h3-6,31H,7-28H2,1-2H3,(H,47,48)(H,49,50)(H,51,52)(H,53,54)(H,55,56)(H,57,58). The van der Waals surface area contributed by atoms with Crippen molar-refractivity contribution in [3.05, 3.63) is 39.9 Å². The second kappa shape index (κ2) is 27.1. The van der Waals surface area contributed by atoms with Gasteiger partial charge in [-0.25, -0.2) is 0 Å². The van der Waals surface area contributed by atoms with Crippen molar-refractivity contribution in [2.45, 2.75) is 12.5 Å². The molecule has 23 heteroatoms. The third-order valence-electron chi connectivity index (χ3n) is 9.97. The van der Waals surface area contributed by atoms with Crippen LogP contribution >= 0.6 is 0 Å². The minimum Gasteiger partial charge on any atom is -0.480 e. The van der Waals surface area contributed by atoms with Gasteiger partial charge >= 0.3 is 35.8 Å². The van der Waals surface area contributed by atoms with E-state index in [0.717, 1.165) is 6.54 Å². The number of nitro groups is 1. The molecule has 2 rings (SSSR count). The fraction of sp³-hybridized carbons (Fsp3) is 0.676. The van der Waals surface area contributed by atoms with Gasteiger partial charge in [0.15, 0.2) is 0 Å². The molecule has 0 saturated carbocycles. The summed E-state index contributed by atoms with van der Waals surface area (Å²) in [7, 11) is 3.89. The predicted octanol–water partition coefficient (Wildman–Crippen LogP) is -2.30. The Morgan fingerprint density at radius 2 is 0.900 bits per heavy atom. The van der Waals surface area contributed by atoms with E-state index in [9.17, 15) is 69.5 Å². The molecule has 1 fully saturated rings. The Kier molecular flexibility index (Phi) is 23.1. The van der Waals surface area contributed by atoms with Crippen molar-refractivity contribution in [3.63, 3.8) is 0 Å². The zero-order valence-corrected chi connectivity index (χ0v) is 34.4. The highest BCUT2D eigenvalue weighted by Crippen LogP contribution is 2.17. The fourth-order valence-corrected chi connectivity index (χ4v) is 6.83. The normalized spacial score (nSPS) is 16.1. The average Bonchev–Trinajstić information content (AvgIpc) is 3.12. The second-order valence-corrected chi connectivity index (χ2v) is 15.1. The molecular formula is C37H61N9O14. The third-order valence-corrected chi connectivity index (χ3v) is 9.97. The van der Waals surface area contributed by atoms with Crippen LogP contribution in [0.1, 0.15) is 5.56 Å². The summed E-state index contributed by atoms with van der Waals surface area (Å²) in [4.78, 5) is 95.5. The third kappa shape index (κ3) is 22.5. The van der Waals surface area contributed by atoms with Gasteiger partial charge in [0, 0.05) is 116 Å². The first-order chi connectivity index (χ1) is 28.3. The minimum absolute atomic E-state index is 0.0929. The van der Waals surface area contributed by atoms with E-state index in [1.165, 1.54) is 26.8 Å². The van der Waals surface area contributed by atoms with Gasteiger partial charge in [0.25, 0.3) is 5.69 Å². The smallest absolute Gasteiger partial charge is 0.317 e. The number of carboxylic acids is 6. The number of hydrogen-bond donors (Lipinski definition) is 6. The van der Waals surface area contributed by atoms with Gasteiger partial charge < -0.3 is 35.5 Å². The number of likely N-dealkylation sites (N-methyl/N-ethyl adjacent to an activating group) is 1. The van der Waals surface area contributed by atoms with Crippen LogP contribution in [0.5, 0.6) is 0 Å². The second-order valence-electron chi connectivity index (χ2n) is 15.1. The monoisotopic (exact) mass is 855 g/mol. The van der Waals surface area contributed by atoms with E-state index < -0.39 is 86.0 Å². The van der Waals surface area contributed by atoms with Crippen LogP contribution < -0.4 is 0 Å². The Hall–Kier alpha value is -4.88. The maximum Gasteiger partial charge on any atom is 0.317 e. The van der Waals surface area contributed by atoms with Crippen molar-refractivity contribution in [1.29, 1.82) is 0 Å². The fourth-order valence-electron chi connectivity index (χ4n) is 6.83. The number of nitrogens with zero attached hydrogens (tertiary/aromatic N) is 9. The molecule has 1 heterocycles. The molecule has 0 spiro atoms. The highest BCUT2D eigenvalue weighted by molar-refractivity contribution is 5.73. The van der Waals surface area contributed by atoms with Gasteiger partial charge in [0.1, 0.15) is 0 Å². The van der Waals surface area contributed by atoms with Gasteiger partial charge in [-0.1, -0.05) is 12.1 Å². The zero-order valence-electron chi connectivity index (χ0n) is 34.4. The number of aliphatic carboxylic acids is 6. The molecule has 1 aliphatic heterocycles. The Balaban J connectivity index is 2.52. The lowest BCUT2D eigenvalue weighted by molar-refractivity contribution is -0.384. The van der Waals surface area contributed by atoms with Crippen molar-refractivity contribution in [1.82, 2.24) is 39.2 Å². The number of non-ortho nitro benzene ring substituents is 1. The average molecular weight is 856 g/mol. The maximum atomic E-state index is 12.0. The van der Waals surface area contributed by atoms with Crippen LogP contribution in [0.15, 0.2) is 24.3 Å². The Labute approximate surface area is 348 Å². The largest absolute Gasteiger partial charge is 0.480 e. The van der Waals surface area contributed by atoms with Crippen LogP contribution in [0.2, 0.25) is 0 Å².